The van der Waals surface area contributed by atoms with Gasteiger partial charge in [-0.1, -0.05) is 48.1 Å². The number of aromatic hydroxyl groups is 1. The number of benzene rings is 4. The fraction of sp³-hybridized carbons (Fsp3) is 0. The van der Waals surface area contributed by atoms with Crippen LogP contribution in [0, 0.1) is 18.2 Å². The van der Waals surface area contributed by atoms with Crippen molar-refractivity contribution in [1.82, 2.24) is 14.5 Å². The van der Waals surface area contributed by atoms with E-state index in [-0.39, 0.29) is 59.5 Å². The van der Waals surface area contributed by atoms with Crippen LogP contribution < -0.4 is 4.74 Å². The van der Waals surface area contributed by atoms with E-state index >= 15 is 0 Å². The number of phenols is 1. The topological polar surface area (TPSA) is 60.2 Å². The Morgan fingerprint density at radius 2 is 1.59 bits per heavy atom. The fourth-order valence-corrected chi connectivity index (χ4v) is 4.77. The van der Waals surface area contributed by atoms with E-state index in [1.807, 2.05) is 85.1 Å². The van der Waals surface area contributed by atoms with Crippen molar-refractivity contribution in [3.63, 3.8) is 0 Å². The maximum Gasteiger partial charge on any atom is 0.217 e. The van der Waals surface area contributed by atoms with Crippen LogP contribution in [-0.2, 0) is 53.8 Å². The molecule has 0 amide bonds. The normalized spacial score (nSPS) is 10.6. The molecule has 3 aromatic heterocycles. The van der Waals surface area contributed by atoms with Gasteiger partial charge < -0.3 is 19.4 Å². The van der Waals surface area contributed by atoms with Crippen LogP contribution in [0.15, 0.2) is 115 Å². The number of hydrogen-bond acceptors (Lipinski definition) is 4. The predicted molar refractivity (Wildman–Crippen MR) is 152 cm³/mol. The Balaban J connectivity index is 0.00000169. The molecule has 3 heterocycles. The summed E-state index contributed by atoms with van der Waals surface area (Å²) in [6.07, 6.45) is 1.82. The van der Waals surface area contributed by atoms with E-state index in [0.29, 0.717) is 22.9 Å². The maximum absolute atomic E-state index is 10.3. The van der Waals surface area contributed by atoms with Crippen molar-refractivity contribution in [2.45, 2.75) is 0 Å². The van der Waals surface area contributed by atoms with E-state index in [0.717, 1.165) is 38.8 Å². The molecule has 0 unspecified atom stereocenters. The molecule has 0 aliphatic carbocycles. The molecule has 7 rings (SSSR count). The molecule has 0 bridgehead atoms. The number of fused-ring (bicyclic) bond motifs is 3. The van der Waals surface area contributed by atoms with Gasteiger partial charge in [0, 0.05) is 82.5 Å². The first-order valence-corrected chi connectivity index (χ1v) is 12.5. The van der Waals surface area contributed by atoms with Gasteiger partial charge in [-0.3, -0.25) is 0 Å². The quantitative estimate of drug-likeness (QED) is 0.181. The van der Waals surface area contributed by atoms with E-state index in [2.05, 4.69) is 39.9 Å². The first kappa shape index (κ1) is 28.9. The molecule has 7 heteroatoms. The Morgan fingerprint density at radius 1 is 0.756 bits per heavy atom. The van der Waals surface area contributed by atoms with Crippen molar-refractivity contribution < 1.29 is 63.6 Å². The molecule has 0 atom stereocenters. The van der Waals surface area contributed by atoms with E-state index in [4.69, 9.17) is 9.72 Å². The van der Waals surface area contributed by atoms with Gasteiger partial charge in [0.2, 0.25) is 5.88 Å². The van der Waals surface area contributed by atoms with Gasteiger partial charge in [-0.2, -0.15) is 36.4 Å². The molecule has 0 aliphatic heterocycles. The fourth-order valence-electron chi connectivity index (χ4n) is 4.77. The maximum atomic E-state index is 10.3. The summed E-state index contributed by atoms with van der Waals surface area (Å²) in [6, 6.07) is 44.4. The molecule has 0 spiro atoms. The third kappa shape index (κ3) is 5.63. The van der Waals surface area contributed by atoms with E-state index in [1.165, 1.54) is 0 Å². The number of hydrogen-bond donors (Lipinski definition) is 1. The number of nitrogens with zero attached hydrogens (tertiary/aromatic N) is 3. The third-order valence-corrected chi connectivity index (χ3v) is 6.59. The molecule has 1 radical (unpaired) electrons. The predicted octanol–water partition coefficient (Wildman–Crippen LogP) is 7.80. The van der Waals surface area contributed by atoms with Crippen molar-refractivity contribution >= 4 is 21.8 Å². The first-order chi connectivity index (χ1) is 19.2. The Hall–Kier alpha value is -3.63. The van der Waals surface area contributed by atoms with E-state index in [9.17, 15) is 5.11 Å². The van der Waals surface area contributed by atoms with Gasteiger partial charge in [0.25, 0.3) is 0 Å². The molecule has 41 heavy (non-hydrogen) atoms. The van der Waals surface area contributed by atoms with Crippen LogP contribution >= 0.6 is 0 Å². The molecule has 1 N–H and O–H groups in total. The van der Waals surface area contributed by atoms with E-state index in [1.54, 1.807) is 18.2 Å². The van der Waals surface area contributed by atoms with Crippen molar-refractivity contribution in [1.29, 1.82) is 0 Å². The van der Waals surface area contributed by atoms with Gasteiger partial charge in [0.05, 0.1) is 5.69 Å². The molecular formula is C34H20N3O2PtY-3. The minimum atomic E-state index is 0. The van der Waals surface area contributed by atoms with Gasteiger partial charge in [-0.05, 0) is 29.7 Å². The van der Waals surface area contributed by atoms with Crippen LogP contribution in [0.3, 0.4) is 0 Å². The Labute approximate surface area is 277 Å². The van der Waals surface area contributed by atoms with Crippen molar-refractivity contribution in [2.24, 2.45) is 0 Å². The zero-order valence-corrected chi connectivity index (χ0v) is 26.7. The molecule has 0 fully saturated rings. The van der Waals surface area contributed by atoms with Crippen molar-refractivity contribution in [2.75, 3.05) is 0 Å². The second-order valence-electron chi connectivity index (χ2n) is 9.01. The van der Waals surface area contributed by atoms with Gasteiger partial charge in [-0.15, -0.1) is 29.7 Å². The van der Waals surface area contributed by atoms with Crippen molar-refractivity contribution in [3.8, 4) is 45.6 Å². The van der Waals surface area contributed by atoms with Crippen molar-refractivity contribution in [3.05, 3.63) is 134 Å². The molecular weight excluding hydrogens is 766 g/mol. The van der Waals surface area contributed by atoms with Crippen LogP contribution in [0.4, 0.5) is 0 Å². The standard InChI is InChI=1S/C34H20N3O2.Pt.Y/c38-32-15-7-5-12-28(32)29-13-8-16-34(36-29)39-25-18-19-27-26-11-4-6-14-30(26)37(31(27)21-25)33-20-17-24(22-35-33)23-9-2-1-3-10-23;;/h1-9,11-16,18-20,22,38H;;/q-3;;. The smallest absolute Gasteiger partial charge is 0.217 e. The zero-order valence-electron chi connectivity index (χ0n) is 21.6. The molecule has 199 valence electrons. The summed E-state index contributed by atoms with van der Waals surface area (Å²) in [7, 11) is 0. The summed E-state index contributed by atoms with van der Waals surface area (Å²) in [5, 5.41) is 12.4. The average Bonchev–Trinajstić information content (AvgIpc) is 3.32. The SMILES string of the molecule is Oc1ccccc1-c1cccc(Oc2[c-]c3c(cc2)c2ccccc2n3-c2c[c-]c(-c3[c-]cccc3)cn2)n1.[Pt].[Y]. The van der Waals surface area contributed by atoms with Crippen LogP contribution in [0.2, 0.25) is 0 Å². The third-order valence-electron chi connectivity index (χ3n) is 6.59. The number of rotatable bonds is 5. The summed E-state index contributed by atoms with van der Waals surface area (Å²) < 4.78 is 8.23. The second-order valence-corrected chi connectivity index (χ2v) is 9.01. The molecule has 0 aliphatic rings. The molecule has 0 saturated carbocycles. The molecule has 0 saturated heterocycles. The van der Waals surface area contributed by atoms with Crippen LogP contribution in [0.5, 0.6) is 17.4 Å². The summed E-state index contributed by atoms with van der Waals surface area (Å²) in [5.41, 5.74) is 4.94. The van der Waals surface area contributed by atoms with Gasteiger partial charge in [0.1, 0.15) is 5.75 Å². The van der Waals surface area contributed by atoms with Gasteiger partial charge >= 0.3 is 0 Å². The summed E-state index contributed by atoms with van der Waals surface area (Å²) in [4.78, 5) is 9.39. The van der Waals surface area contributed by atoms with Crippen LogP contribution in [0.1, 0.15) is 0 Å². The number of phenolic OH excluding ortho intramolecular Hbond substituents is 1. The summed E-state index contributed by atoms with van der Waals surface area (Å²) >= 11 is 0. The number of ether oxygens (including phenoxy) is 1. The van der Waals surface area contributed by atoms with Gasteiger partial charge in [-0.25, -0.2) is 16.1 Å². The Bertz CT molecular complexity index is 1960. The van der Waals surface area contributed by atoms with E-state index < -0.39 is 0 Å². The van der Waals surface area contributed by atoms with Gasteiger partial charge in [0.15, 0.2) is 0 Å². The largest absolute Gasteiger partial charge is 0.507 e. The number of aromatic nitrogens is 3. The summed E-state index contributed by atoms with van der Waals surface area (Å²) in [5.74, 6) is 1.82. The number of para-hydroxylation sites is 2. The molecule has 7 aromatic rings. The van der Waals surface area contributed by atoms with Crippen LogP contribution in [-0.4, -0.2) is 19.6 Å². The molecule has 5 nitrogen and oxygen atoms in total. The first-order valence-electron chi connectivity index (χ1n) is 12.5. The average molecular weight is 787 g/mol. The van der Waals surface area contributed by atoms with Crippen LogP contribution in [0.25, 0.3) is 50.0 Å². The summed E-state index contributed by atoms with van der Waals surface area (Å²) in [6.45, 7) is 0. The minimum absolute atomic E-state index is 0. The Kier molecular flexibility index (Phi) is 8.80. The zero-order chi connectivity index (χ0) is 26.2. The Morgan fingerprint density at radius 3 is 2.39 bits per heavy atom. The minimum Gasteiger partial charge on any atom is -0.507 e. The monoisotopic (exact) mass is 786 g/mol. The number of pyridine rings is 2. The second kappa shape index (κ2) is 12.5. The molecule has 4 aromatic carbocycles.